The van der Waals surface area contributed by atoms with Crippen LogP contribution in [0.4, 0.5) is 4.79 Å². The van der Waals surface area contributed by atoms with Gasteiger partial charge in [0.05, 0.1) is 0 Å². The van der Waals surface area contributed by atoms with Gasteiger partial charge < -0.3 is 14.9 Å². The van der Waals surface area contributed by atoms with Crippen LogP contribution >= 0.6 is 0 Å². The van der Waals surface area contributed by atoms with Crippen molar-refractivity contribution in [3.63, 3.8) is 0 Å². The first-order valence-corrected chi connectivity index (χ1v) is 7.05. The van der Waals surface area contributed by atoms with Crippen molar-refractivity contribution in [2.75, 3.05) is 13.1 Å². The van der Waals surface area contributed by atoms with E-state index in [4.69, 9.17) is 0 Å². The number of rotatable bonds is 4. The number of urea groups is 1. The number of carboxylic acid groups (broad SMARTS) is 1. The van der Waals surface area contributed by atoms with Gasteiger partial charge in [-0.1, -0.05) is 13.8 Å². The lowest BCUT2D eigenvalue weighted by atomic mass is 10.0. The molecule has 2 amide bonds. The van der Waals surface area contributed by atoms with Gasteiger partial charge in [0.2, 0.25) is 0 Å². The number of nitrogens with zero attached hydrogens (tertiary/aromatic N) is 2. The van der Waals surface area contributed by atoms with Crippen molar-refractivity contribution in [2.45, 2.75) is 59.0 Å². The average molecular weight is 270 g/mol. The van der Waals surface area contributed by atoms with Crippen LogP contribution in [0.15, 0.2) is 0 Å². The molecule has 1 unspecified atom stereocenters. The Bertz CT molecular complexity index is 353. The van der Waals surface area contributed by atoms with Crippen molar-refractivity contribution in [3.05, 3.63) is 0 Å². The molecule has 5 heteroatoms. The molecule has 0 aromatic rings. The molecule has 19 heavy (non-hydrogen) atoms. The van der Waals surface area contributed by atoms with Crippen LogP contribution in [0.25, 0.3) is 0 Å². The highest BCUT2D eigenvalue weighted by molar-refractivity contribution is 5.85. The Morgan fingerprint density at radius 1 is 1.42 bits per heavy atom. The molecule has 1 aliphatic heterocycles. The molecule has 0 radical (unpaired) electrons. The van der Waals surface area contributed by atoms with Gasteiger partial charge in [0, 0.05) is 19.1 Å². The van der Waals surface area contributed by atoms with Gasteiger partial charge in [0.1, 0.15) is 5.54 Å². The number of carbonyl (C=O) groups excluding carboxylic acids is 1. The molecule has 1 saturated heterocycles. The van der Waals surface area contributed by atoms with Crippen LogP contribution in [0.5, 0.6) is 0 Å². The quantitative estimate of drug-likeness (QED) is 0.853. The van der Waals surface area contributed by atoms with Gasteiger partial charge in [-0.05, 0) is 39.5 Å². The highest BCUT2D eigenvalue weighted by Gasteiger charge is 2.41. The Morgan fingerprint density at radius 2 is 2.00 bits per heavy atom. The monoisotopic (exact) mass is 270 g/mol. The summed E-state index contributed by atoms with van der Waals surface area (Å²) in [5.41, 5.74) is -1.17. The predicted molar refractivity (Wildman–Crippen MR) is 74.1 cm³/mol. The van der Waals surface area contributed by atoms with Crippen molar-refractivity contribution in [2.24, 2.45) is 5.92 Å². The molecule has 0 saturated carbocycles. The average Bonchev–Trinajstić information content (AvgIpc) is 2.77. The summed E-state index contributed by atoms with van der Waals surface area (Å²) in [6.45, 7) is 10.3. The summed E-state index contributed by atoms with van der Waals surface area (Å²) in [6, 6.07) is 0.0808. The van der Waals surface area contributed by atoms with Crippen molar-refractivity contribution < 1.29 is 14.7 Å². The zero-order chi connectivity index (χ0) is 14.8. The molecule has 110 valence electrons. The third-order valence-corrected chi connectivity index (χ3v) is 4.06. The van der Waals surface area contributed by atoms with Crippen molar-refractivity contribution in [3.8, 4) is 0 Å². The predicted octanol–water partition coefficient (Wildman–Crippen LogP) is 2.41. The van der Waals surface area contributed by atoms with Crippen molar-refractivity contribution in [1.29, 1.82) is 0 Å². The lowest BCUT2D eigenvalue weighted by molar-refractivity contribution is -0.147. The van der Waals surface area contributed by atoms with E-state index in [1.54, 1.807) is 13.8 Å². The molecular formula is C14H26N2O3. The van der Waals surface area contributed by atoms with E-state index in [0.29, 0.717) is 12.5 Å². The van der Waals surface area contributed by atoms with Crippen LogP contribution in [0, 0.1) is 5.92 Å². The highest BCUT2D eigenvalue weighted by Crippen LogP contribution is 2.27. The standard InChI is InChI=1S/C14H26N2O3/c1-6-16(14(4,5)12(17)18)13(19)15-9-7-8-11(15)10(2)3/h10-11H,6-9H2,1-5H3,(H,17,18). The Labute approximate surface area is 115 Å². The third-order valence-electron chi connectivity index (χ3n) is 4.06. The van der Waals surface area contributed by atoms with Gasteiger partial charge >= 0.3 is 12.0 Å². The van der Waals surface area contributed by atoms with E-state index in [1.807, 2.05) is 11.8 Å². The van der Waals surface area contributed by atoms with E-state index in [-0.39, 0.29) is 12.1 Å². The van der Waals surface area contributed by atoms with E-state index in [2.05, 4.69) is 13.8 Å². The number of hydrogen-bond donors (Lipinski definition) is 1. The van der Waals surface area contributed by atoms with Gasteiger partial charge in [-0.2, -0.15) is 0 Å². The number of amides is 2. The molecule has 1 fully saturated rings. The maximum absolute atomic E-state index is 12.6. The number of hydrogen-bond acceptors (Lipinski definition) is 2. The summed E-state index contributed by atoms with van der Waals surface area (Å²) in [5.74, 6) is -0.568. The fourth-order valence-corrected chi connectivity index (χ4v) is 2.76. The Balaban J connectivity index is 2.93. The molecule has 1 rings (SSSR count). The summed E-state index contributed by atoms with van der Waals surface area (Å²) in [4.78, 5) is 27.3. The first kappa shape index (κ1) is 15.8. The fraction of sp³-hybridized carbons (Fsp3) is 0.857. The molecule has 1 heterocycles. The SMILES string of the molecule is CCN(C(=O)N1CCCC1C(C)C)C(C)(C)C(=O)O. The highest BCUT2D eigenvalue weighted by atomic mass is 16.4. The summed E-state index contributed by atoms with van der Waals surface area (Å²) < 4.78 is 0. The minimum absolute atomic E-state index is 0.147. The molecule has 0 spiro atoms. The fourth-order valence-electron chi connectivity index (χ4n) is 2.76. The van der Waals surface area contributed by atoms with Crippen LogP contribution < -0.4 is 0 Å². The summed E-state index contributed by atoms with van der Waals surface area (Å²) >= 11 is 0. The Hall–Kier alpha value is -1.26. The Morgan fingerprint density at radius 3 is 2.42 bits per heavy atom. The van der Waals surface area contributed by atoms with Gasteiger partial charge in [0.25, 0.3) is 0 Å². The van der Waals surface area contributed by atoms with E-state index in [1.165, 1.54) is 4.90 Å². The van der Waals surface area contributed by atoms with E-state index >= 15 is 0 Å². The van der Waals surface area contributed by atoms with E-state index in [9.17, 15) is 14.7 Å². The molecule has 1 aliphatic rings. The molecule has 0 aliphatic carbocycles. The lowest BCUT2D eigenvalue weighted by Crippen LogP contribution is -2.58. The van der Waals surface area contributed by atoms with Gasteiger partial charge in [-0.25, -0.2) is 9.59 Å². The zero-order valence-corrected chi connectivity index (χ0v) is 12.6. The number of likely N-dealkylation sites (tertiary alicyclic amines) is 1. The molecular weight excluding hydrogens is 244 g/mol. The third kappa shape index (κ3) is 3.01. The second-order valence-corrected chi connectivity index (χ2v) is 6.04. The smallest absolute Gasteiger partial charge is 0.329 e. The number of aliphatic carboxylic acids is 1. The number of carbonyl (C=O) groups is 2. The molecule has 1 atom stereocenters. The molecule has 5 nitrogen and oxygen atoms in total. The van der Waals surface area contributed by atoms with Gasteiger partial charge in [-0.3, -0.25) is 0 Å². The minimum Gasteiger partial charge on any atom is -0.480 e. The molecule has 1 N–H and O–H groups in total. The molecule has 0 aromatic carbocycles. The first-order chi connectivity index (χ1) is 8.73. The second kappa shape index (κ2) is 5.80. The summed E-state index contributed by atoms with van der Waals surface area (Å²) in [7, 11) is 0. The van der Waals surface area contributed by atoms with Crippen molar-refractivity contribution in [1.82, 2.24) is 9.80 Å². The van der Waals surface area contributed by atoms with E-state index in [0.717, 1.165) is 19.4 Å². The maximum atomic E-state index is 12.6. The summed E-state index contributed by atoms with van der Waals surface area (Å²) in [6.07, 6.45) is 2.01. The topological polar surface area (TPSA) is 60.9 Å². The number of carboxylic acids is 1. The van der Waals surface area contributed by atoms with Crippen LogP contribution in [0.2, 0.25) is 0 Å². The zero-order valence-electron chi connectivity index (χ0n) is 12.6. The van der Waals surface area contributed by atoms with Crippen LogP contribution in [0.3, 0.4) is 0 Å². The van der Waals surface area contributed by atoms with E-state index < -0.39 is 11.5 Å². The second-order valence-electron chi connectivity index (χ2n) is 6.04. The first-order valence-electron chi connectivity index (χ1n) is 7.05. The molecule has 0 aromatic heterocycles. The van der Waals surface area contributed by atoms with Crippen LogP contribution in [-0.2, 0) is 4.79 Å². The van der Waals surface area contributed by atoms with Crippen LogP contribution in [-0.4, -0.2) is 51.6 Å². The van der Waals surface area contributed by atoms with Gasteiger partial charge in [-0.15, -0.1) is 0 Å². The molecule has 0 bridgehead atoms. The largest absolute Gasteiger partial charge is 0.480 e. The maximum Gasteiger partial charge on any atom is 0.329 e. The Kier molecular flexibility index (Phi) is 4.82. The summed E-state index contributed by atoms with van der Waals surface area (Å²) in [5, 5.41) is 9.30. The number of likely N-dealkylation sites (N-methyl/N-ethyl adjacent to an activating group) is 1. The van der Waals surface area contributed by atoms with Gasteiger partial charge in [0.15, 0.2) is 0 Å². The van der Waals surface area contributed by atoms with Crippen LogP contribution in [0.1, 0.15) is 47.5 Å². The lowest BCUT2D eigenvalue weighted by Gasteiger charge is -2.39. The normalized spacial score (nSPS) is 19.9. The minimum atomic E-state index is -1.17. The van der Waals surface area contributed by atoms with Crippen molar-refractivity contribution >= 4 is 12.0 Å².